The van der Waals surface area contributed by atoms with E-state index in [1.54, 1.807) is 4.98 Å². The van der Waals surface area contributed by atoms with Gasteiger partial charge in [0.2, 0.25) is 11.7 Å². The SMILES string of the molecule is CC1=NN(c2c(F)c(F)c(F)c(F)c2F)C(=O)/C1=C\c1c(O)[nH]c(=O)[nH]c1=O. The van der Waals surface area contributed by atoms with E-state index in [9.17, 15) is 41.4 Å². The predicted octanol–water partition coefficient (Wildman–Crippen LogP) is 1.27. The average molecular weight is 402 g/mol. The second-order valence-electron chi connectivity index (χ2n) is 5.45. The first-order valence-corrected chi connectivity index (χ1v) is 7.23. The summed E-state index contributed by atoms with van der Waals surface area (Å²) in [6.45, 7) is 1.15. The van der Waals surface area contributed by atoms with E-state index < -0.39 is 68.9 Å². The van der Waals surface area contributed by atoms with Crippen molar-refractivity contribution < 1.29 is 31.9 Å². The molecule has 2 heterocycles. The molecule has 2 aromatic rings. The molecule has 1 amide bonds. The normalized spacial score (nSPS) is 15.5. The van der Waals surface area contributed by atoms with Gasteiger partial charge >= 0.3 is 5.69 Å². The van der Waals surface area contributed by atoms with Crippen molar-refractivity contribution in [2.75, 3.05) is 5.01 Å². The van der Waals surface area contributed by atoms with Crippen molar-refractivity contribution in [3.05, 3.63) is 61.1 Å². The van der Waals surface area contributed by atoms with Crippen LogP contribution in [0.2, 0.25) is 0 Å². The molecule has 0 atom stereocenters. The summed E-state index contributed by atoms with van der Waals surface area (Å²) in [6, 6.07) is 0. The molecular formula is C15H7F5N4O4. The number of aromatic nitrogens is 2. The highest BCUT2D eigenvalue weighted by atomic mass is 19.2. The molecule has 0 bridgehead atoms. The van der Waals surface area contributed by atoms with Crippen LogP contribution in [-0.2, 0) is 4.79 Å². The molecule has 0 saturated carbocycles. The number of halogens is 5. The predicted molar refractivity (Wildman–Crippen MR) is 84.2 cm³/mol. The number of hydrazone groups is 1. The van der Waals surface area contributed by atoms with Crippen molar-refractivity contribution in [2.45, 2.75) is 6.92 Å². The molecule has 0 saturated heterocycles. The molecular weight excluding hydrogens is 395 g/mol. The second kappa shape index (κ2) is 6.44. The molecule has 1 aromatic carbocycles. The number of H-pyrrole nitrogens is 2. The van der Waals surface area contributed by atoms with E-state index in [0.717, 1.165) is 13.0 Å². The number of rotatable bonds is 2. The maximum Gasteiger partial charge on any atom is 0.328 e. The first-order valence-electron chi connectivity index (χ1n) is 7.23. The first-order chi connectivity index (χ1) is 13.0. The summed E-state index contributed by atoms with van der Waals surface area (Å²) in [6.07, 6.45) is 0.733. The minimum absolute atomic E-state index is 0.0612. The maximum atomic E-state index is 13.9. The maximum absolute atomic E-state index is 13.9. The zero-order chi connectivity index (χ0) is 20.9. The van der Waals surface area contributed by atoms with E-state index in [2.05, 4.69) is 5.10 Å². The number of hydrogen-bond acceptors (Lipinski definition) is 5. The van der Waals surface area contributed by atoms with Crippen LogP contribution in [0.3, 0.4) is 0 Å². The number of nitrogens with zero attached hydrogens (tertiary/aromatic N) is 2. The number of nitrogens with one attached hydrogen (secondary N) is 2. The second-order valence-corrected chi connectivity index (χ2v) is 5.45. The highest BCUT2D eigenvalue weighted by molar-refractivity contribution is 6.32. The van der Waals surface area contributed by atoms with Gasteiger partial charge in [0.25, 0.3) is 11.5 Å². The lowest BCUT2D eigenvalue weighted by molar-refractivity contribution is -0.114. The summed E-state index contributed by atoms with van der Waals surface area (Å²) in [5, 5.41) is 13.0. The number of carbonyl (C=O) groups excluding carboxylic acids is 1. The molecule has 0 spiro atoms. The standard InChI is InChI=1S/C15H7F5N4O4/c1-3-4(2-5-12(25)21-15(28)22-13(5)26)14(27)24(23-3)11-9(19)7(17)6(16)8(18)10(11)20/h2H,1H3,(H3,21,22,25,26,28)/b4-2-. The van der Waals surface area contributed by atoms with Crippen molar-refractivity contribution in [1.82, 2.24) is 9.97 Å². The van der Waals surface area contributed by atoms with Crippen molar-refractivity contribution >= 4 is 23.4 Å². The summed E-state index contributed by atoms with van der Waals surface area (Å²) in [7, 11) is 0. The molecule has 13 heteroatoms. The monoisotopic (exact) mass is 402 g/mol. The average Bonchev–Trinajstić information content (AvgIpc) is 2.89. The van der Waals surface area contributed by atoms with Gasteiger partial charge in [-0.1, -0.05) is 0 Å². The van der Waals surface area contributed by atoms with Crippen molar-refractivity contribution in [2.24, 2.45) is 5.10 Å². The Kier molecular flexibility index (Phi) is 4.37. The molecule has 3 N–H and O–H groups in total. The largest absolute Gasteiger partial charge is 0.494 e. The first kappa shape index (κ1) is 19.0. The van der Waals surface area contributed by atoms with Gasteiger partial charge in [0.05, 0.1) is 11.3 Å². The summed E-state index contributed by atoms with van der Waals surface area (Å²) < 4.78 is 67.8. The summed E-state index contributed by atoms with van der Waals surface area (Å²) in [4.78, 5) is 38.8. The zero-order valence-electron chi connectivity index (χ0n) is 13.5. The fraction of sp³-hybridized carbons (Fsp3) is 0.0667. The molecule has 0 unspecified atom stereocenters. The van der Waals surface area contributed by atoms with Crippen LogP contribution in [0.1, 0.15) is 12.5 Å². The minimum Gasteiger partial charge on any atom is -0.494 e. The Morgan fingerprint density at radius 1 is 0.929 bits per heavy atom. The quantitative estimate of drug-likeness (QED) is 0.303. The third-order valence-electron chi connectivity index (χ3n) is 3.71. The van der Waals surface area contributed by atoms with E-state index in [1.165, 1.54) is 0 Å². The smallest absolute Gasteiger partial charge is 0.328 e. The van der Waals surface area contributed by atoms with Crippen LogP contribution in [-0.4, -0.2) is 26.7 Å². The highest BCUT2D eigenvalue weighted by Crippen LogP contribution is 2.34. The minimum atomic E-state index is -2.41. The Hall–Kier alpha value is -3.77. The number of amides is 1. The van der Waals surface area contributed by atoms with Crippen molar-refractivity contribution in [3.8, 4) is 5.88 Å². The zero-order valence-corrected chi connectivity index (χ0v) is 13.5. The van der Waals surface area contributed by atoms with Crippen LogP contribution >= 0.6 is 0 Å². The molecule has 146 valence electrons. The highest BCUT2D eigenvalue weighted by Gasteiger charge is 2.37. The van der Waals surface area contributed by atoms with Crippen LogP contribution < -0.4 is 16.3 Å². The number of anilines is 1. The number of aromatic amines is 2. The molecule has 28 heavy (non-hydrogen) atoms. The fourth-order valence-corrected chi connectivity index (χ4v) is 2.38. The lowest BCUT2D eigenvalue weighted by Crippen LogP contribution is -2.26. The lowest BCUT2D eigenvalue weighted by atomic mass is 10.1. The fourth-order valence-electron chi connectivity index (χ4n) is 2.38. The van der Waals surface area contributed by atoms with E-state index in [1.807, 2.05) is 4.98 Å². The Labute approximate surface area is 150 Å². The molecule has 3 rings (SSSR count). The number of aromatic hydroxyl groups is 1. The van der Waals surface area contributed by atoms with Crippen LogP contribution in [0.25, 0.3) is 6.08 Å². The Morgan fingerprint density at radius 3 is 2.00 bits per heavy atom. The van der Waals surface area contributed by atoms with Gasteiger partial charge < -0.3 is 5.11 Å². The molecule has 0 aliphatic carbocycles. The Bertz CT molecular complexity index is 1190. The van der Waals surface area contributed by atoms with Gasteiger partial charge in [0.1, 0.15) is 11.3 Å². The summed E-state index contributed by atoms with van der Waals surface area (Å²) >= 11 is 0. The molecule has 0 fully saturated rings. The topological polar surface area (TPSA) is 119 Å². The van der Waals surface area contributed by atoms with Crippen LogP contribution in [0.4, 0.5) is 27.6 Å². The van der Waals surface area contributed by atoms with Gasteiger partial charge in [0.15, 0.2) is 23.3 Å². The number of carbonyl (C=O) groups is 1. The van der Waals surface area contributed by atoms with Gasteiger partial charge in [-0.2, -0.15) is 10.1 Å². The molecule has 8 nitrogen and oxygen atoms in total. The third kappa shape index (κ3) is 2.76. The number of hydrogen-bond donors (Lipinski definition) is 3. The summed E-state index contributed by atoms with van der Waals surface area (Å²) in [5.74, 6) is -13.8. The van der Waals surface area contributed by atoms with Crippen LogP contribution in [0.15, 0.2) is 20.3 Å². The van der Waals surface area contributed by atoms with Gasteiger partial charge in [-0.05, 0) is 13.0 Å². The van der Waals surface area contributed by atoms with Gasteiger partial charge in [-0.15, -0.1) is 0 Å². The summed E-state index contributed by atoms with van der Waals surface area (Å²) in [5.41, 5.74) is -5.13. The van der Waals surface area contributed by atoms with Crippen LogP contribution in [0.5, 0.6) is 5.88 Å². The van der Waals surface area contributed by atoms with E-state index >= 15 is 0 Å². The molecule has 1 aliphatic heterocycles. The van der Waals surface area contributed by atoms with Crippen LogP contribution in [0, 0.1) is 29.1 Å². The Balaban J connectivity index is 2.16. The van der Waals surface area contributed by atoms with E-state index in [4.69, 9.17) is 0 Å². The number of benzene rings is 1. The molecule has 1 aromatic heterocycles. The lowest BCUT2D eigenvalue weighted by Gasteiger charge is -2.15. The van der Waals surface area contributed by atoms with Gasteiger partial charge in [-0.3, -0.25) is 19.6 Å². The molecule has 1 aliphatic rings. The van der Waals surface area contributed by atoms with Crippen molar-refractivity contribution in [1.29, 1.82) is 0 Å². The van der Waals surface area contributed by atoms with Crippen molar-refractivity contribution in [3.63, 3.8) is 0 Å². The van der Waals surface area contributed by atoms with E-state index in [0.29, 0.717) is 0 Å². The third-order valence-corrected chi connectivity index (χ3v) is 3.71. The Morgan fingerprint density at radius 2 is 1.46 bits per heavy atom. The van der Waals surface area contributed by atoms with Gasteiger partial charge in [-0.25, -0.2) is 26.7 Å². The van der Waals surface area contributed by atoms with Gasteiger partial charge in [0, 0.05) is 0 Å². The van der Waals surface area contributed by atoms with E-state index in [-0.39, 0.29) is 10.7 Å². The molecule has 0 radical (unpaired) electrons.